The fourth-order valence-corrected chi connectivity index (χ4v) is 1.53. The van der Waals surface area contributed by atoms with Gasteiger partial charge in [0.15, 0.2) is 0 Å². The van der Waals surface area contributed by atoms with Gasteiger partial charge in [-0.25, -0.2) is 8.42 Å². The second-order valence-corrected chi connectivity index (χ2v) is 4.51. The average Bonchev–Trinajstić information content (AvgIpc) is 2.01. The standard InChI is InChI=1S/C8H11NO4S/c1-13-8-4-3-6(10)5-7(8)9-14(2,11)12/h3-5,9-10H,1-2H3. The number of benzene rings is 1. The molecule has 78 valence electrons. The van der Waals surface area contributed by atoms with Crippen molar-refractivity contribution in [2.24, 2.45) is 0 Å². The number of sulfonamides is 1. The molecule has 0 saturated heterocycles. The smallest absolute Gasteiger partial charge is 0.229 e. The van der Waals surface area contributed by atoms with E-state index in [4.69, 9.17) is 9.84 Å². The second-order valence-electron chi connectivity index (χ2n) is 2.76. The number of rotatable bonds is 3. The maximum absolute atomic E-state index is 10.9. The molecule has 0 bridgehead atoms. The number of anilines is 1. The fourth-order valence-electron chi connectivity index (χ4n) is 0.975. The monoisotopic (exact) mass is 217 g/mol. The van der Waals surface area contributed by atoms with Crippen LogP contribution < -0.4 is 9.46 Å². The van der Waals surface area contributed by atoms with E-state index in [1.54, 1.807) is 0 Å². The van der Waals surface area contributed by atoms with Crippen LogP contribution in [0.1, 0.15) is 0 Å². The predicted octanol–water partition coefficient (Wildman–Crippen LogP) is 0.772. The highest BCUT2D eigenvalue weighted by atomic mass is 32.2. The zero-order valence-corrected chi connectivity index (χ0v) is 8.63. The van der Waals surface area contributed by atoms with E-state index in [1.165, 1.54) is 25.3 Å². The Hall–Kier alpha value is -1.43. The molecule has 0 atom stereocenters. The first-order chi connectivity index (χ1) is 6.42. The van der Waals surface area contributed by atoms with Crippen molar-refractivity contribution in [2.75, 3.05) is 18.1 Å². The van der Waals surface area contributed by atoms with Crippen LogP contribution in [0.2, 0.25) is 0 Å². The van der Waals surface area contributed by atoms with E-state index in [2.05, 4.69) is 4.72 Å². The van der Waals surface area contributed by atoms with Crippen LogP contribution in [0, 0.1) is 0 Å². The van der Waals surface area contributed by atoms with Gasteiger partial charge in [-0.3, -0.25) is 4.72 Å². The largest absolute Gasteiger partial charge is 0.508 e. The summed E-state index contributed by atoms with van der Waals surface area (Å²) in [4.78, 5) is 0. The molecule has 5 nitrogen and oxygen atoms in total. The van der Waals surface area contributed by atoms with E-state index in [-0.39, 0.29) is 11.4 Å². The number of methoxy groups -OCH3 is 1. The van der Waals surface area contributed by atoms with Gasteiger partial charge in [0.25, 0.3) is 0 Å². The molecule has 0 unspecified atom stereocenters. The molecule has 1 aromatic carbocycles. The number of aromatic hydroxyl groups is 1. The summed E-state index contributed by atoms with van der Waals surface area (Å²) in [5.74, 6) is 0.324. The highest BCUT2D eigenvalue weighted by Gasteiger charge is 2.08. The molecule has 0 aromatic heterocycles. The average molecular weight is 217 g/mol. The minimum Gasteiger partial charge on any atom is -0.508 e. The number of hydrogen-bond acceptors (Lipinski definition) is 4. The fraction of sp³-hybridized carbons (Fsp3) is 0.250. The molecule has 0 fully saturated rings. The third kappa shape index (κ3) is 2.81. The maximum Gasteiger partial charge on any atom is 0.229 e. The van der Waals surface area contributed by atoms with Crippen LogP contribution in [0.3, 0.4) is 0 Å². The second kappa shape index (κ2) is 3.75. The molecular weight excluding hydrogens is 206 g/mol. The quantitative estimate of drug-likeness (QED) is 0.784. The van der Waals surface area contributed by atoms with Gasteiger partial charge in [0, 0.05) is 6.07 Å². The molecule has 0 saturated carbocycles. The summed E-state index contributed by atoms with van der Waals surface area (Å²) in [5, 5.41) is 9.14. The highest BCUT2D eigenvalue weighted by Crippen LogP contribution is 2.28. The van der Waals surface area contributed by atoms with Crippen molar-refractivity contribution in [1.29, 1.82) is 0 Å². The summed E-state index contributed by atoms with van der Waals surface area (Å²) in [6.45, 7) is 0. The van der Waals surface area contributed by atoms with Gasteiger partial charge in [-0.1, -0.05) is 0 Å². The molecule has 0 amide bonds. The van der Waals surface area contributed by atoms with Crippen molar-refractivity contribution < 1.29 is 18.3 Å². The molecular formula is C8H11NO4S. The van der Waals surface area contributed by atoms with E-state index >= 15 is 0 Å². The van der Waals surface area contributed by atoms with Gasteiger partial charge < -0.3 is 9.84 Å². The molecule has 2 N–H and O–H groups in total. The third-order valence-electron chi connectivity index (χ3n) is 1.48. The number of ether oxygens (including phenoxy) is 1. The van der Waals surface area contributed by atoms with Crippen molar-refractivity contribution in [3.05, 3.63) is 18.2 Å². The predicted molar refractivity (Wildman–Crippen MR) is 53.1 cm³/mol. The van der Waals surface area contributed by atoms with Gasteiger partial charge in [0.05, 0.1) is 19.1 Å². The third-order valence-corrected chi connectivity index (χ3v) is 2.07. The van der Waals surface area contributed by atoms with Crippen molar-refractivity contribution in [3.63, 3.8) is 0 Å². The van der Waals surface area contributed by atoms with Gasteiger partial charge >= 0.3 is 0 Å². The van der Waals surface area contributed by atoms with E-state index in [0.29, 0.717) is 5.75 Å². The number of phenolic OH excluding ortho intramolecular Hbond substituents is 1. The molecule has 6 heteroatoms. The summed E-state index contributed by atoms with van der Waals surface area (Å²) in [6.07, 6.45) is 1.02. The van der Waals surface area contributed by atoms with Crippen LogP contribution in [-0.4, -0.2) is 26.9 Å². The van der Waals surface area contributed by atoms with Crippen molar-refractivity contribution in [3.8, 4) is 11.5 Å². The zero-order chi connectivity index (χ0) is 10.8. The molecule has 0 spiro atoms. The summed E-state index contributed by atoms with van der Waals surface area (Å²) < 4.78 is 29.0. The normalized spacial score (nSPS) is 11.0. The Bertz CT molecular complexity index is 427. The maximum atomic E-state index is 10.9. The lowest BCUT2D eigenvalue weighted by atomic mass is 10.3. The first-order valence-electron chi connectivity index (χ1n) is 3.77. The molecule has 1 aromatic rings. The van der Waals surface area contributed by atoms with Gasteiger partial charge in [0.1, 0.15) is 11.5 Å². The Labute approximate surface area is 82.4 Å². The Morgan fingerprint density at radius 3 is 2.57 bits per heavy atom. The Kier molecular flexibility index (Phi) is 2.85. The van der Waals surface area contributed by atoms with E-state index < -0.39 is 10.0 Å². The topological polar surface area (TPSA) is 75.6 Å². The van der Waals surface area contributed by atoms with E-state index in [1.807, 2.05) is 0 Å². The number of nitrogens with one attached hydrogen (secondary N) is 1. The van der Waals surface area contributed by atoms with Gasteiger partial charge in [0.2, 0.25) is 10.0 Å². The van der Waals surface area contributed by atoms with Crippen LogP contribution in [-0.2, 0) is 10.0 Å². The van der Waals surface area contributed by atoms with Gasteiger partial charge in [-0.15, -0.1) is 0 Å². The zero-order valence-electron chi connectivity index (χ0n) is 7.81. The molecule has 0 aliphatic rings. The van der Waals surface area contributed by atoms with E-state index in [0.717, 1.165) is 6.26 Å². The Morgan fingerprint density at radius 1 is 1.43 bits per heavy atom. The van der Waals surface area contributed by atoms with Gasteiger partial charge in [-0.2, -0.15) is 0 Å². The molecule has 0 radical (unpaired) electrons. The lowest BCUT2D eigenvalue weighted by Crippen LogP contribution is -2.10. The van der Waals surface area contributed by atoms with Crippen molar-refractivity contribution >= 4 is 15.7 Å². The lowest BCUT2D eigenvalue weighted by Gasteiger charge is -2.09. The minimum absolute atomic E-state index is 0.0306. The highest BCUT2D eigenvalue weighted by molar-refractivity contribution is 7.92. The SMILES string of the molecule is COc1ccc(O)cc1NS(C)(=O)=O. The first-order valence-corrected chi connectivity index (χ1v) is 5.66. The van der Waals surface area contributed by atoms with Crippen LogP contribution in [0.4, 0.5) is 5.69 Å². The molecule has 1 rings (SSSR count). The Balaban J connectivity index is 3.11. The van der Waals surface area contributed by atoms with E-state index in [9.17, 15) is 8.42 Å². The van der Waals surface area contributed by atoms with Crippen LogP contribution in [0.5, 0.6) is 11.5 Å². The summed E-state index contributed by atoms with van der Waals surface area (Å²) in [6, 6.07) is 4.16. The summed E-state index contributed by atoms with van der Waals surface area (Å²) in [7, 11) is -1.95. The van der Waals surface area contributed by atoms with Crippen molar-refractivity contribution in [2.45, 2.75) is 0 Å². The van der Waals surface area contributed by atoms with Crippen LogP contribution in [0.15, 0.2) is 18.2 Å². The minimum atomic E-state index is -3.37. The van der Waals surface area contributed by atoms with Crippen LogP contribution in [0.25, 0.3) is 0 Å². The summed E-state index contributed by atoms with van der Waals surface area (Å²) in [5.41, 5.74) is 0.218. The number of hydrogen-bond donors (Lipinski definition) is 2. The molecule has 0 aliphatic carbocycles. The lowest BCUT2D eigenvalue weighted by molar-refractivity contribution is 0.414. The first kappa shape index (κ1) is 10.6. The molecule has 0 aliphatic heterocycles. The van der Waals surface area contributed by atoms with Crippen molar-refractivity contribution in [1.82, 2.24) is 0 Å². The molecule has 0 heterocycles. The Morgan fingerprint density at radius 2 is 2.07 bits per heavy atom. The van der Waals surface area contributed by atoms with Gasteiger partial charge in [-0.05, 0) is 12.1 Å². The van der Waals surface area contributed by atoms with Crippen LogP contribution >= 0.6 is 0 Å². The number of phenols is 1. The molecule has 14 heavy (non-hydrogen) atoms. The summed E-state index contributed by atoms with van der Waals surface area (Å²) >= 11 is 0.